The van der Waals surface area contributed by atoms with Crippen LogP contribution in [0.15, 0.2) is 77.3 Å². The Labute approximate surface area is 202 Å². The van der Waals surface area contributed by atoms with Crippen molar-refractivity contribution in [3.05, 3.63) is 84.3 Å². The fourth-order valence-electron chi connectivity index (χ4n) is 3.24. The van der Waals surface area contributed by atoms with Gasteiger partial charge in [0.05, 0.1) is 14.2 Å². The topological polar surface area (TPSA) is 116 Å². The average Bonchev–Trinajstić information content (AvgIpc) is 3.37. The number of aryl methyl sites for hydroxylation is 1. The number of methoxy groups -OCH3 is 2. The minimum Gasteiger partial charge on any atom is -0.497 e. The molecule has 4 rings (SSSR count). The van der Waals surface area contributed by atoms with Crippen LogP contribution in [0.3, 0.4) is 0 Å². The van der Waals surface area contributed by atoms with Crippen LogP contribution in [-0.4, -0.2) is 36.2 Å². The van der Waals surface area contributed by atoms with Crippen LogP contribution < -0.4 is 20.1 Å². The summed E-state index contributed by atoms with van der Waals surface area (Å²) in [6.07, 6.45) is 0.474. The van der Waals surface area contributed by atoms with Gasteiger partial charge in [0.1, 0.15) is 11.5 Å². The number of nitrogens with one attached hydrogen (secondary N) is 2. The van der Waals surface area contributed by atoms with Crippen molar-refractivity contribution in [3.8, 4) is 22.9 Å². The van der Waals surface area contributed by atoms with Crippen LogP contribution in [-0.2, 0) is 11.2 Å². The Morgan fingerprint density at radius 1 is 0.800 bits per heavy atom. The summed E-state index contributed by atoms with van der Waals surface area (Å²) < 4.78 is 15.5. The second-order valence-corrected chi connectivity index (χ2v) is 7.55. The summed E-state index contributed by atoms with van der Waals surface area (Å²) in [5.41, 5.74) is 2.50. The Kier molecular flexibility index (Phi) is 7.37. The van der Waals surface area contributed by atoms with E-state index in [2.05, 4.69) is 20.8 Å². The molecular formula is C26H24N4O5. The molecule has 0 unspecified atom stereocenters. The van der Waals surface area contributed by atoms with Crippen molar-refractivity contribution in [3.63, 3.8) is 0 Å². The molecule has 178 valence electrons. The molecule has 1 heterocycles. The molecule has 0 aliphatic rings. The van der Waals surface area contributed by atoms with Gasteiger partial charge in [0.25, 0.3) is 5.91 Å². The summed E-state index contributed by atoms with van der Waals surface area (Å²) in [5.74, 6) is 1.81. The molecule has 0 saturated heterocycles. The van der Waals surface area contributed by atoms with E-state index in [1.165, 1.54) is 0 Å². The van der Waals surface area contributed by atoms with Crippen LogP contribution in [0.25, 0.3) is 11.4 Å². The third kappa shape index (κ3) is 6.23. The molecule has 0 spiro atoms. The van der Waals surface area contributed by atoms with E-state index < -0.39 is 0 Å². The molecule has 3 aromatic carbocycles. The number of anilines is 2. The van der Waals surface area contributed by atoms with Gasteiger partial charge in [-0.2, -0.15) is 4.98 Å². The number of nitrogens with zero attached hydrogens (tertiary/aromatic N) is 2. The Balaban J connectivity index is 1.26. The van der Waals surface area contributed by atoms with Crippen molar-refractivity contribution in [1.82, 2.24) is 10.1 Å². The van der Waals surface area contributed by atoms with Crippen molar-refractivity contribution in [2.24, 2.45) is 0 Å². The quantitative estimate of drug-likeness (QED) is 0.366. The number of aromatic nitrogens is 2. The molecule has 35 heavy (non-hydrogen) atoms. The van der Waals surface area contributed by atoms with Crippen LogP contribution in [0, 0.1) is 0 Å². The number of hydrogen-bond acceptors (Lipinski definition) is 7. The zero-order valence-corrected chi connectivity index (χ0v) is 19.3. The molecule has 2 amide bonds. The van der Waals surface area contributed by atoms with Crippen molar-refractivity contribution in [2.75, 3.05) is 24.9 Å². The van der Waals surface area contributed by atoms with Gasteiger partial charge >= 0.3 is 0 Å². The van der Waals surface area contributed by atoms with Crippen LogP contribution in [0.1, 0.15) is 22.7 Å². The van der Waals surface area contributed by atoms with Crippen molar-refractivity contribution in [2.45, 2.75) is 12.8 Å². The van der Waals surface area contributed by atoms with E-state index in [-0.39, 0.29) is 18.2 Å². The Morgan fingerprint density at radius 2 is 1.37 bits per heavy atom. The largest absolute Gasteiger partial charge is 0.497 e. The lowest BCUT2D eigenvalue weighted by molar-refractivity contribution is -0.116. The molecule has 0 fully saturated rings. The van der Waals surface area contributed by atoms with Crippen LogP contribution >= 0.6 is 0 Å². The van der Waals surface area contributed by atoms with E-state index in [0.29, 0.717) is 40.8 Å². The predicted molar refractivity (Wildman–Crippen MR) is 131 cm³/mol. The number of rotatable bonds is 9. The van der Waals surface area contributed by atoms with Gasteiger partial charge in [-0.3, -0.25) is 9.59 Å². The van der Waals surface area contributed by atoms with Gasteiger partial charge in [0, 0.05) is 35.3 Å². The minimum absolute atomic E-state index is 0.171. The first-order valence-electron chi connectivity index (χ1n) is 10.9. The average molecular weight is 473 g/mol. The van der Waals surface area contributed by atoms with Crippen molar-refractivity contribution >= 4 is 23.2 Å². The first-order chi connectivity index (χ1) is 17.0. The third-order valence-electron chi connectivity index (χ3n) is 5.16. The molecule has 0 atom stereocenters. The molecule has 9 nitrogen and oxygen atoms in total. The fraction of sp³-hybridized carbons (Fsp3) is 0.154. The van der Waals surface area contributed by atoms with Gasteiger partial charge in [-0.15, -0.1) is 0 Å². The van der Waals surface area contributed by atoms with Gasteiger partial charge in [-0.25, -0.2) is 0 Å². The van der Waals surface area contributed by atoms with Gasteiger partial charge in [0.2, 0.25) is 17.6 Å². The predicted octanol–water partition coefficient (Wildman–Crippen LogP) is 4.58. The minimum atomic E-state index is -0.253. The number of amides is 2. The molecule has 2 N–H and O–H groups in total. The zero-order valence-electron chi connectivity index (χ0n) is 19.3. The number of carbonyl (C=O) groups is 2. The van der Waals surface area contributed by atoms with E-state index >= 15 is 0 Å². The SMILES string of the molecule is COc1ccc(NC(=O)c2ccc(NC(=O)CCc3nc(-c4ccc(OC)cc4)no3)cc2)cc1. The van der Waals surface area contributed by atoms with E-state index in [1.807, 2.05) is 24.3 Å². The lowest BCUT2D eigenvalue weighted by Gasteiger charge is -2.08. The lowest BCUT2D eigenvalue weighted by atomic mass is 10.2. The van der Waals surface area contributed by atoms with Crippen molar-refractivity contribution in [1.29, 1.82) is 0 Å². The first-order valence-corrected chi connectivity index (χ1v) is 10.9. The van der Waals surface area contributed by atoms with E-state index in [0.717, 1.165) is 11.3 Å². The van der Waals surface area contributed by atoms with E-state index in [4.69, 9.17) is 14.0 Å². The monoisotopic (exact) mass is 472 g/mol. The summed E-state index contributed by atoms with van der Waals surface area (Å²) in [6.45, 7) is 0. The van der Waals surface area contributed by atoms with E-state index in [9.17, 15) is 9.59 Å². The highest BCUT2D eigenvalue weighted by Gasteiger charge is 2.12. The van der Waals surface area contributed by atoms with Crippen LogP contribution in [0.5, 0.6) is 11.5 Å². The molecule has 9 heteroatoms. The van der Waals surface area contributed by atoms with Gasteiger partial charge in [0.15, 0.2) is 0 Å². The molecule has 0 saturated carbocycles. The third-order valence-corrected chi connectivity index (χ3v) is 5.16. The molecule has 0 bridgehead atoms. The summed E-state index contributed by atoms with van der Waals surface area (Å²) in [6, 6.07) is 21.0. The summed E-state index contributed by atoms with van der Waals surface area (Å²) in [5, 5.41) is 9.59. The molecule has 4 aromatic rings. The second kappa shape index (κ2) is 11.0. The molecule has 0 aliphatic carbocycles. The standard InChI is InChI=1S/C26H24N4O5/c1-33-21-11-5-17(6-12-21)25-29-24(35-30-25)16-15-23(31)27-19-7-3-18(4-8-19)26(32)28-20-9-13-22(34-2)14-10-20/h3-14H,15-16H2,1-2H3,(H,27,31)(H,28,32). The number of carbonyl (C=O) groups excluding carboxylic acids is 2. The Bertz CT molecular complexity index is 1280. The normalized spacial score (nSPS) is 10.5. The maximum absolute atomic E-state index is 12.4. The molecular weight excluding hydrogens is 448 g/mol. The fourth-order valence-corrected chi connectivity index (χ4v) is 3.24. The van der Waals surface area contributed by atoms with Gasteiger partial charge in [-0.05, 0) is 72.8 Å². The van der Waals surface area contributed by atoms with Gasteiger partial charge < -0.3 is 24.6 Å². The highest BCUT2D eigenvalue weighted by atomic mass is 16.5. The summed E-state index contributed by atoms with van der Waals surface area (Å²) in [4.78, 5) is 29.1. The summed E-state index contributed by atoms with van der Waals surface area (Å²) in [7, 11) is 3.18. The lowest BCUT2D eigenvalue weighted by Crippen LogP contribution is -2.14. The van der Waals surface area contributed by atoms with Crippen LogP contribution in [0.4, 0.5) is 11.4 Å². The molecule has 0 radical (unpaired) electrons. The highest BCUT2D eigenvalue weighted by molar-refractivity contribution is 6.04. The maximum atomic E-state index is 12.4. The molecule has 1 aromatic heterocycles. The van der Waals surface area contributed by atoms with Gasteiger partial charge in [-0.1, -0.05) is 5.16 Å². The number of hydrogen-bond donors (Lipinski definition) is 2. The smallest absolute Gasteiger partial charge is 0.255 e. The Hall–Kier alpha value is -4.66. The highest BCUT2D eigenvalue weighted by Crippen LogP contribution is 2.20. The summed E-state index contributed by atoms with van der Waals surface area (Å²) >= 11 is 0. The number of benzene rings is 3. The maximum Gasteiger partial charge on any atom is 0.255 e. The van der Waals surface area contributed by atoms with Crippen LogP contribution in [0.2, 0.25) is 0 Å². The zero-order chi connectivity index (χ0) is 24.6. The second-order valence-electron chi connectivity index (χ2n) is 7.55. The molecule has 0 aliphatic heterocycles. The first kappa shape index (κ1) is 23.5. The van der Waals surface area contributed by atoms with Crippen molar-refractivity contribution < 1.29 is 23.6 Å². The van der Waals surface area contributed by atoms with E-state index in [1.54, 1.807) is 62.8 Å². The number of ether oxygens (including phenoxy) is 2. The Morgan fingerprint density at radius 3 is 2.00 bits per heavy atom.